The number of fused-ring (bicyclic) bond motifs is 1. The summed E-state index contributed by atoms with van der Waals surface area (Å²) in [6.45, 7) is 2.47. The Morgan fingerprint density at radius 2 is 2.00 bits per heavy atom. The van der Waals surface area contributed by atoms with Crippen LogP contribution in [0.4, 0.5) is 0 Å². The monoisotopic (exact) mass is 427 g/mol. The fourth-order valence-corrected chi connectivity index (χ4v) is 4.21. The lowest BCUT2D eigenvalue weighted by atomic mass is 10.1. The van der Waals surface area contributed by atoms with E-state index < -0.39 is 0 Å². The molecule has 2 aromatic carbocycles. The summed E-state index contributed by atoms with van der Waals surface area (Å²) in [6.07, 6.45) is 3.37. The highest BCUT2D eigenvalue weighted by Crippen LogP contribution is 2.28. The van der Waals surface area contributed by atoms with Gasteiger partial charge in [0.2, 0.25) is 0 Å². The molecule has 150 valence electrons. The molecule has 0 saturated carbocycles. The van der Waals surface area contributed by atoms with Crippen molar-refractivity contribution in [3.63, 3.8) is 0 Å². The van der Waals surface area contributed by atoms with Gasteiger partial charge in [0.1, 0.15) is 0 Å². The third-order valence-corrected chi connectivity index (χ3v) is 6.06. The zero-order valence-electron chi connectivity index (χ0n) is 16.0. The molecule has 1 N–H and O–H groups in total. The number of aromatic nitrogens is 1. The first-order valence-electron chi connectivity index (χ1n) is 9.23. The molecule has 6 nitrogen and oxygen atoms in total. The fraction of sp³-hybridized carbons (Fsp3) is 0.238. The Labute approximate surface area is 177 Å². The largest absolute Gasteiger partial charge is 0.462 e. The molecule has 0 aliphatic heterocycles. The van der Waals surface area contributed by atoms with Gasteiger partial charge in [-0.05, 0) is 36.2 Å². The van der Waals surface area contributed by atoms with Gasteiger partial charge < -0.3 is 4.74 Å². The molecule has 0 aliphatic carbocycles. The average molecular weight is 428 g/mol. The highest BCUT2D eigenvalue weighted by atomic mass is 32.2. The first-order valence-corrected chi connectivity index (χ1v) is 11.0. The number of benzene rings is 2. The van der Waals surface area contributed by atoms with Crippen molar-refractivity contribution in [1.29, 1.82) is 0 Å². The molecule has 1 amide bonds. The van der Waals surface area contributed by atoms with Crippen LogP contribution in [0, 0.1) is 0 Å². The molecule has 0 aliphatic rings. The minimum atomic E-state index is -0.331. The summed E-state index contributed by atoms with van der Waals surface area (Å²) >= 11 is 2.95. The van der Waals surface area contributed by atoms with E-state index in [4.69, 9.17) is 4.74 Å². The number of carbonyl (C=O) groups is 2. The second-order valence-electron chi connectivity index (χ2n) is 6.14. The van der Waals surface area contributed by atoms with E-state index in [9.17, 15) is 9.59 Å². The maximum absolute atomic E-state index is 12.0. The Kier molecular flexibility index (Phi) is 7.77. The van der Waals surface area contributed by atoms with Gasteiger partial charge in [0.05, 0.1) is 34.4 Å². The topological polar surface area (TPSA) is 80.6 Å². The summed E-state index contributed by atoms with van der Waals surface area (Å²) in [6, 6.07) is 14.7. The lowest BCUT2D eigenvalue weighted by Crippen LogP contribution is -2.19. The van der Waals surface area contributed by atoms with Crippen molar-refractivity contribution in [3.8, 4) is 0 Å². The maximum atomic E-state index is 12.0. The van der Waals surface area contributed by atoms with E-state index in [1.165, 1.54) is 18.0 Å². The molecule has 8 heteroatoms. The number of hydrazone groups is 1. The van der Waals surface area contributed by atoms with Gasteiger partial charge in [-0.1, -0.05) is 49.4 Å². The predicted molar refractivity (Wildman–Crippen MR) is 118 cm³/mol. The molecule has 3 rings (SSSR count). The number of carbonyl (C=O) groups excluding carboxylic acids is 2. The molecule has 29 heavy (non-hydrogen) atoms. The first kappa shape index (κ1) is 21.0. The lowest BCUT2D eigenvalue weighted by Gasteiger charge is -2.03. The molecule has 0 spiro atoms. The van der Waals surface area contributed by atoms with E-state index in [1.807, 2.05) is 31.2 Å². The van der Waals surface area contributed by atoms with Crippen molar-refractivity contribution in [1.82, 2.24) is 10.4 Å². The SMILES string of the molecule is CCCCOC(=O)c1ccc(/C=N/NC(=O)CSc2nc3ccccc3s2)cc1. The van der Waals surface area contributed by atoms with E-state index in [1.54, 1.807) is 35.6 Å². The number of nitrogens with zero attached hydrogens (tertiary/aromatic N) is 2. The summed E-state index contributed by atoms with van der Waals surface area (Å²) in [4.78, 5) is 28.3. The number of ether oxygens (including phenoxy) is 1. The molecule has 0 atom stereocenters. The Morgan fingerprint density at radius 1 is 1.21 bits per heavy atom. The van der Waals surface area contributed by atoms with Crippen molar-refractivity contribution < 1.29 is 14.3 Å². The van der Waals surface area contributed by atoms with Gasteiger partial charge in [-0.15, -0.1) is 11.3 Å². The van der Waals surface area contributed by atoms with Crippen LogP contribution in [-0.4, -0.2) is 35.4 Å². The van der Waals surface area contributed by atoms with Gasteiger partial charge in [0.15, 0.2) is 4.34 Å². The second-order valence-corrected chi connectivity index (χ2v) is 8.39. The number of thioether (sulfide) groups is 1. The highest BCUT2D eigenvalue weighted by Gasteiger charge is 2.08. The Hall–Kier alpha value is -2.71. The van der Waals surface area contributed by atoms with Crippen LogP contribution in [0.3, 0.4) is 0 Å². The van der Waals surface area contributed by atoms with E-state index in [0.717, 1.165) is 33.0 Å². The van der Waals surface area contributed by atoms with Crippen molar-refractivity contribution in [2.45, 2.75) is 24.1 Å². The maximum Gasteiger partial charge on any atom is 0.338 e. The molecule has 0 fully saturated rings. The van der Waals surface area contributed by atoms with E-state index >= 15 is 0 Å². The summed E-state index contributed by atoms with van der Waals surface area (Å²) < 4.78 is 7.12. The van der Waals surface area contributed by atoms with Gasteiger partial charge in [-0.2, -0.15) is 5.10 Å². The van der Waals surface area contributed by atoms with Crippen molar-refractivity contribution in [2.24, 2.45) is 5.10 Å². The molecule has 0 radical (unpaired) electrons. The third-order valence-electron chi connectivity index (χ3n) is 3.88. The van der Waals surface area contributed by atoms with Crippen LogP contribution in [0.5, 0.6) is 0 Å². The number of thiazole rings is 1. The molecule has 0 saturated heterocycles. The number of para-hydroxylation sites is 1. The minimum Gasteiger partial charge on any atom is -0.462 e. The second kappa shape index (κ2) is 10.7. The van der Waals surface area contributed by atoms with Gasteiger partial charge in [0, 0.05) is 0 Å². The van der Waals surface area contributed by atoms with E-state index in [-0.39, 0.29) is 17.6 Å². The van der Waals surface area contributed by atoms with E-state index in [0.29, 0.717) is 12.2 Å². The molecule has 1 aromatic heterocycles. The Balaban J connectivity index is 1.44. The summed E-state index contributed by atoms with van der Waals surface area (Å²) in [5, 5.41) is 3.96. The van der Waals surface area contributed by atoms with Crippen LogP contribution < -0.4 is 5.43 Å². The van der Waals surface area contributed by atoms with Crippen molar-refractivity contribution in [2.75, 3.05) is 12.4 Å². The third kappa shape index (κ3) is 6.40. The van der Waals surface area contributed by atoms with Crippen LogP contribution >= 0.6 is 23.1 Å². The average Bonchev–Trinajstić information content (AvgIpc) is 3.16. The molecule has 3 aromatic rings. The standard InChI is InChI=1S/C21H21N3O3S2/c1-2-3-12-27-20(26)16-10-8-15(9-11-16)13-22-24-19(25)14-28-21-23-17-6-4-5-7-18(17)29-21/h4-11,13H,2-3,12,14H2,1H3,(H,24,25)/b22-13+. The number of hydrogen-bond acceptors (Lipinski definition) is 7. The summed E-state index contributed by atoms with van der Waals surface area (Å²) in [5.41, 5.74) is 4.71. The zero-order chi connectivity index (χ0) is 20.5. The van der Waals surface area contributed by atoms with Crippen LogP contribution in [0.25, 0.3) is 10.2 Å². The number of amides is 1. The first-order chi connectivity index (χ1) is 14.2. The van der Waals surface area contributed by atoms with Gasteiger partial charge >= 0.3 is 5.97 Å². The van der Waals surface area contributed by atoms with Gasteiger partial charge in [-0.3, -0.25) is 4.79 Å². The van der Waals surface area contributed by atoms with Crippen LogP contribution in [0.15, 0.2) is 58.0 Å². The number of nitrogens with one attached hydrogen (secondary N) is 1. The normalized spacial score (nSPS) is 11.1. The Morgan fingerprint density at radius 3 is 2.76 bits per heavy atom. The fourth-order valence-electron chi connectivity index (χ4n) is 2.35. The number of unbranched alkanes of at least 4 members (excludes halogenated alkanes) is 1. The van der Waals surface area contributed by atoms with E-state index in [2.05, 4.69) is 15.5 Å². The number of esters is 1. The van der Waals surface area contributed by atoms with Crippen molar-refractivity contribution >= 4 is 51.4 Å². The highest BCUT2D eigenvalue weighted by molar-refractivity contribution is 8.01. The molecular weight excluding hydrogens is 406 g/mol. The number of rotatable bonds is 9. The summed E-state index contributed by atoms with van der Waals surface area (Å²) in [5.74, 6) is -0.302. The predicted octanol–water partition coefficient (Wildman–Crippen LogP) is 4.50. The zero-order valence-corrected chi connectivity index (χ0v) is 17.6. The van der Waals surface area contributed by atoms with Gasteiger partial charge in [0.25, 0.3) is 5.91 Å². The van der Waals surface area contributed by atoms with Crippen molar-refractivity contribution in [3.05, 3.63) is 59.7 Å². The minimum absolute atomic E-state index is 0.207. The van der Waals surface area contributed by atoms with Crippen LogP contribution in [0.1, 0.15) is 35.7 Å². The van der Waals surface area contributed by atoms with Crippen LogP contribution in [-0.2, 0) is 9.53 Å². The Bertz CT molecular complexity index is 967. The lowest BCUT2D eigenvalue weighted by molar-refractivity contribution is -0.118. The number of hydrogen-bond donors (Lipinski definition) is 1. The quantitative estimate of drug-likeness (QED) is 0.179. The molecular formula is C21H21N3O3S2. The van der Waals surface area contributed by atoms with Crippen LogP contribution in [0.2, 0.25) is 0 Å². The smallest absolute Gasteiger partial charge is 0.338 e. The molecule has 1 heterocycles. The summed E-state index contributed by atoms with van der Waals surface area (Å²) in [7, 11) is 0. The van der Waals surface area contributed by atoms with Gasteiger partial charge in [-0.25, -0.2) is 15.2 Å². The molecule has 0 unspecified atom stereocenters. The molecule has 0 bridgehead atoms.